The number of benzene rings is 1. The summed E-state index contributed by atoms with van der Waals surface area (Å²) in [6.07, 6.45) is 0.600. The maximum Gasteiger partial charge on any atom is 0.254 e. The smallest absolute Gasteiger partial charge is 0.254 e. The highest BCUT2D eigenvalue weighted by Gasteiger charge is 2.42. The molecule has 0 aromatic heterocycles. The fourth-order valence-corrected chi connectivity index (χ4v) is 5.65. The summed E-state index contributed by atoms with van der Waals surface area (Å²) in [5.41, 5.74) is 0.364. The molecule has 0 spiro atoms. The lowest BCUT2D eigenvalue weighted by atomic mass is 9.85. The Balaban J connectivity index is 1.80. The van der Waals surface area contributed by atoms with Gasteiger partial charge in [-0.15, -0.1) is 4.72 Å². The van der Waals surface area contributed by atoms with Gasteiger partial charge in [0.25, 0.3) is 5.91 Å². The minimum atomic E-state index is -1.44. The number of hydrogen-bond donors (Lipinski definition) is 2. The van der Waals surface area contributed by atoms with Gasteiger partial charge in [-0.3, -0.25) is 4.79 Å². The Morgan fingerprint density at radius 2 is 1.88 bits per heavy atom. The second kappa shape index (κ2) is 10.3. The van der Waals surface area contributed by atoms with Crippen LogP contribution >= 0.6 is 34.8 Å². The van der Waals surface area contributed by atoms with Gasteiger partial charge >= 0.3 is 0 Å². The number of nitrogens with one attached hydrogen (secondary N) is 1. The molecule has 2 aliphatic rings. The highest BCUT2D eigenvalue weighted by Crippen LogP contribution is 2.45. The number of phenols is 1. The van der Waals surface area contributed by atoms with Crippen LogP contribution in [0, 0.1) is 5.92 Å². The molecule has 1 aromatic rings. The standard InChI is InChI=1S/C22H31Cl3N2O5S/c1-21(2,3)33(30)26-19(16-14(28)10-13(23)17(24)18(16)25)12-6-8-27(9-7-12)20(29)15-11-31-22(4,5)32-15/h10,12,15,19,26,28H,6-9,11H2,1-5H3/t15?,19-,33?/m1/s1. The monoisotopic (exact) mass is 540 g/mol. The first kappa shape index (κ1) is 27.1. The van der Waals surface area contributed by atoms with Gasteiger partial charge in [0.15, 0.2) is 11.9 Å². The van der Waals surface area contributed by atoms with E-state index in [0.29, 0.717) is 31.5 Å². The molecule has 2 aliphatic heterocycles. The summed E-state index contributed by atoms with van der Waals surface area (Å²) in [4.78, 5) is 14.7. The highest BCUT2D eigenvalue weighted by molar-refractivity contribution is 7.90. The lowest BCUT2D eigenvalue weighted by Crippen LogP contribution is -2.48. The van der Waals surface area contributed by atoms with Gasteiger partial charge in [-0.05, 0) is 53.4 Å². The lowest BCUT2D eigenvalue weighted by Gasteiger charge is -2.38. The van der Waals surface area contributed by atoms with E-state index in [-0.39, 0.29) is 39.2 Å². The first-order valence-corrected chi connectivity index (χ1v) is 13.1. The molecule has 7 nitrogen and oxygen atoms in total. The van der Waals surface area contributed by atoms with Crippen LogP contribution in [0.4, 0.5) is 0 Å². The van der Waals surface area contributed by atoms with Crippen molar-refractivity contribution in [3.63, 3.8) is 0 Å². The van der Waals surface area contributed by atoms with Crippen molar-refractivity contribution in [1.82, 2.24) is 9.62 Å². The van der Waals surface area contributed by atoms with E-state index in [9.17, 15) is 14.5 Å². The van der Waals surface area contributed by atoms with Crippen molar-refractivity contribution in [3.8, 4) is 5.75 Å². The number of ether oxygens (including phenoxy) is 2. The summed E-state index contributed by atoms with van der Waals surface area (Å²) in [7, 11) is 0. The molecule has 2 fully saturated rings. The van der Waals surface area contributed by atoms with Crippen molar-refractivity contribution < 1.29 is 23.9 Å². The molecule has 3 rings (SSSR count). The molecular formula is C22H31Cl3N2O5S. The number of likely N-dealkylation sites (tertiary alicyclic amines) is 1. The average molecular weight is 542 g/mol. The van der Waals surface area contributed by atoms with Gasteiger partial charge in [0, 0.05) is 36.1 Å². The summed E-state index contributed by atoms with van der Waals surface area (Å²) in [5, 5.41) is 11.1. The number of aromatic hydroxyl groups is 1. The van der Waals surface area contributed by atoms with E-state index in [2.05, 4.69) is 4.72 Å². The Morgan fingerprint density at radius 3 is 2.39 bits per heavy atom. The summed E-state index contributed by atoms with van der Waals surface area (Å²) in [6, 6.07) is 0.798. The van der Waals surface area contributed by atoms with Crippen molar-refractivity contribution >= 4 is 52.1 Å². The predicted octanol–water partition coefficient (Wildman–Crippen LogP) is 4.84. The molecule has 33 heavy (non-hydrogen) atoms. The molecule has 2 unspecified atom stereocenters. The Bertz CT molecular complexity index is 888. The van der Waals surface area contributed by atoms with Crippen molar-refractivity contribution in [2.24, 2.45) is 5.92 Å². The number of phenolic OH excluding ortho intramolecular Hbond substituents is 1. The Labute approximate surface area is 213 Å². The Kier molecular flexibility index (Phi) is 8.45. The van der Waals surface area contributed by atoms with Crippen LogP contribution in [-0.4, -0.2) is 56.8 Å². The second-order valence-corrected chi connectivity index (χ2v) is 13.0. The topological polar surface area (TPSA) is 94.1 Å². The maximum atomic E-state index is 13.0. The first-order valence-electron chi connectivity index (χ1n) is 10.9. The van der Waals surface area contributed by atoms with Crippen LogP contribution in [0.1, 0.15) is 59.1 Å². The van der Waals surface area contributed by atoms with Gasteiger partial charge in [0.2, 0.25) is 0 Å². The average Bonchev–Trinajstić information content (AvgIpc) is 3.10. The number of carbonyl (C=O) groups is 1. The SMILES string of the molecule is CC1(C)OCC(C(=O)N2CCC([C@@H](N[S+]([O-])C(C)(C)C)c3c(O)cc(Cl)c(Cl)c3Cl)CC2)O1. The van der Waals surface area contributed by atoms with Gasteiger partial charge in [0.05, 0.1) is 27.7 Å². The fraction of sp³-hybridized carbons (Fsp3) is 0.682. The van der Waals surface area contributed by atoms with Crippen molar-refractivity contribution in [3.05, 3.63) is 26.7 Å². The van der Waals surface area contributed by atoms with E-state index in [1.165, 1.54) is 6.07 Å². The van der Waals surface area contributed by atoms with Gasteiger partial charge in [-0.25, -0.2) is 0 Å². The predicted molar refractivity (Wildman–Crippen MR) is 131 cm³/mol. The highest BCUT2D eigenvalue weighted by atomic mass is 35.5. The Morgan fingerprint density at radius 1 is 1.27 bits per heavy atom. The largest absolute Gasteiger partial charge is 0.598 e. The zero-order valence-electron chi connectivity index (χ0n) is 19.4. The minimum absolute atomic E-state index is 0.0572. The molecule has 0 saturated carbocycles. The van der Waals surface area contributed by atoms with Crippen LogP contribution in [0.5, 0.6) is 5.75 Å². The van der Waals surface area contributed by atoms with Gasteiger partial charge in [-0.2, -0.15) is 0 Å². The van der Waals surface area contributed by atoms with E-state index < -0.39 is 34.0 Å². The summed E-state index contributed by atoms with van der Waals surface area (Å²) < 4.78 is 26.8. The van der Waals surface area contributed by atoms with Crippen molar-refractivity contribution in [2.45, 2.75) is 70.1 Å². The van der Waals surface area contributed by atoms with Crippen molar-refractivity contribution in [2.75, 3.05) is 19.7 Å². The Hall–Kier alpha value is -0.450. The third-order valence-electron chi connectivity index (χ3n) is 5.89. The second-order valence-electron chi connectivity index (χ2n) is 9.88. The third kappa shape index (κ3) is 6.22. The van der Waals surface area contributed by atoms with Crippen LogP contribution in [0.15, 0.2) is 6.07 Å². The van der Waals surface area contributed by atoms with Gasteiger partial charge in [-0.1, -0.05) is 34.8 Å². The number of piperidine rings is 1. The summed E-state index contributed by atoms with van der Waals surface area (Å²) in [5.74, 6) is -1.04. The third-order valence-corrected chi connectivity index (χ3v) is 8.74. The molecule has 1 amide bonds. The molecule has 0 bridgehead atoms. The van der Waals surface area contributed by atoms with E-state index in [1.54, 1.807) is 18.7 Å². The maximum absolute atomic E-state index is 13.0. The molecule has 11 heteroatoms. The molecular weight excluding hydrogens is 511 g/mol. The molecule has 2 heterocycles. The van der Waals surface area contributed by atoms with E-state index in [4.69, 9.17) is 44.3 Å². The van der Waals surface area contributed by atoms with Crippen LogP contribution in [0.3, 0.4) is 0 Å². The van der Waals surface area contributed by atoms with Crippen molar-refractivity contribution in [1.29, 1.82) is 0 Å². The normalized spacial score (nSPS) is 23.5. The molecule has 2 saturated heterocycles. The first-order chi connectivity index (χ1) is 15.2. The fourth-order valence-electron chi connectivity index (χ4n) is 4.04. The number of hydrogen-bond acceptors (Lipinski definition) is 6. The van der Waals surface area contributed by atoms with Crippen LogP contribution in [0.25, 0.3) is 0 Å². The molecule has 2 N–H and O–H groups in total. The van der Waals surface area contributed by atoms with Crippen LogP contribution in [-0.2, 0) is 25.6 Å². The number of amides is 1. The molecule has 186 valence electrons. The molecule has 0 radical (unpaired) electrons. The van der Waals surface area contributed by atoms with Gasteiger partial charge < -0.3 is 24.0 Å². The van der Waals surface area contributed by atoms with E-state index in [1.807, 2.05) is 20.8 Å². The number of rotatable bonds is 5. The van der Waals surface area contributed by atoms with Gasteiger partial charge in [0.1, 0.15) is 10.5 Å². The van der Waals surface area contributed by atoms with E-state index in [0.717, 1.165) is 0 Å². The minimum Gasteiger partial charge on any atom is -0.598 e. The lowest BCUT2D eigenvalue weighted by molar-refractivity contribution is -0.161. The molecule has 0 aliphatic carbocycles. The zero-order valence-corrected chi connectivity index (χ0v) is 22.5. The molecule has 3 atom stereocenters. The summed E-state index contributed by atoms with van der Waals surface area (Å²) in [6.45, 7) is 10.3. The number of halogens is 3. The molecule has 1 aromatic carbocycles. The van der Waals surface area contributed by atoms with Crippen LogP contribution in [0.2, 0.25) is 15.1 Å². The number of carbonyl (C=O) groups excluding carboxylic acids is 1. The quantitative estimate of drug-likeness (QED) is 0.409. The van der Waals surface area contributed by atoms with E-state index >= 15 is 0 Å². The zero-order chi connectivity index (χ0) is 24.7. The number of nitrogens with zero attached hydrogens (tertiary/aromatic N) is 1. The summed E-state index contributed by atoms with van der Waals surface area (Å²) >= 11 is 17.4. The van der Waals surface area contributed by atoms with Crippen LogP contribution < -0.4 is 4.72 Å².